The summed E-state index contributed by atoms with van der Waals surface area (Å²) in [6.45, 7) is 4.42. The Balaban J connectivity index is 2.62. The van der Waals surface area contributed by atoms with Crippen molar-refractivity contribution < 1.29 is 0 Å². The molecule has 5 heteroatoms. The van der Waals surface area contributed by atoms with Crippen LogP contribution in [0.4, 0.5) is 5.13 Å². The minimum absolute atomic E-state index is 0.385. The molecule has 17 heavy (non-hydrogen) atoms. The molecular formula is C12H23N3S2. The Morgan fingerprint density at radius 3 is 2.82 bits per heavy atom. The molecule has 2 unspecified atom stereocenters. The van der Waals surface area contributed by atoms with Gasteiger partial charge in [0.05, 0.1) is 0 Å². The highest BCUT2D eigenvalue weighted by Crippen LogP contribution is 2.27. The number of hydrogen-bond acceptors (Lipinski definition) is 5. The Morgan fingerprint density at radius 1 is 1.53 bits per heavy atom. The minimum atomic E-state index is 0.385. The van der Waals surface area contributed by atoms with E-state index in [0.29, 0.717) is 12.1 Å². The number of anilines is 1. The molecule has 0 saturated heterocycles. The Kier molecular flexibility index (Phi) is 6.30. The van der Waals surface area contributed by atoms with Gasteiger partial charge in [-0.3, -0.25) is 0 Å². The summed E-state index contributed by atoms with van der Waals surface area (Å²) < 4.78 is 0. The standard InChI is InChI=1S/C12H23N3S2/c1-9(6-7-16-5)15(4)12-14-8-11(17-12)10(2)13-3/h8-10,13H,6-7H2,1-5H3. The second-order valence-corrected chi connectivity index (χ2v) is 6.32. The molecule has 0 aliphatic rings. The molecule has 1 heterocycles. The second-order valence-electron chi connectivity index (χ2n) is 4.30. The molecule has 0 aliphatic carbocycles. The predicted molar refractivity (Wildman–Crippen MR) is 80.5 cm³/mol. The highest BCUT2D eigenvalue weighted by molar-refractivity contribution is 7.98. The van der Waals surface area contributed by atoms with Crippen LogP contribution < -0.4 is 10.2 Å². The van der Waals surface area contributed by atoms with Gasteiger partial charge in [0, 0.05) is 30.2 Å². The lowest BCUT2D eigenvalue weighted by atomic mass is 10.2. The molecule has 0 spiro atoms. The number of thioether (sulfide) groups is 1. The van der Waals surface area contributed by atoms with Gasteiger partial charge in [-0.25, -0.2) is 4.98 Å². The van der Waals surface area contributed by atoms with E-state index < -0.39 is 0 Å². The average Bonchev–Trinajstić information content (AvgIpc) is 2.83. The maximum atomic E-state index is 4.51. The van der Waals surface area contributed by atoms with E-state index in [1.807, 2.05) is 25.0 Å². The van der Waals surface area contributed by atoms with E-state index in [0.717, 1.165) is 5.13 Å². The van der Waals surface area contributed by atoms with E-state index in [9.17, 15) is 0 Å². The van der Waals surface area contributed by atoms with Crippen LogP contribution in [0.3, 0.4) is 0 Å². The van der Waals surface area contributed by atoms with Gasteiger partial charge in [-0.2, -0.15) is 11.8 Å². The quantitative estimate of drug-likeness (QED) is 0.826. The summed E-state index contributed by atoms with van der Waals surface area (Å²) in [4.78, 5) is 8.09. The molecule has 1 aromatic heterocycles. The lowest BCUT2D eigenvalue weighted by molar-refractivity contribution is 0.662. The van der Waals surface area contributed by atoms with E-state index in [-0.39, 0.29) is 0 Å². The number of nitrogens with zero attached hydrogens (tertiary/aromatic N) is 2. The fraction of sp³-hybridized carbons (Fsp3) is 0.750. The van der Waals surface area contributed by atoms with E-state index >= 15 is 0 Å². The third-order valence-electron chi connectivity index (χ3n) is 3.07. The summed E-state index contributed by atoms with van der Waals surface area (Å²) >= 11 is 3.68. The van der Waals surface area contributed by atoms with Crippen LogP contribution in [0.15, 0.2) is 6.20 Å². The molecule has 0 bridgehead atoms. The smallest absolute Gasteiger partial charge is 0.185 e. The normalized spacial score (nSPS) is 14.6. The maximum absolute atomic E-state index is 4.51. The Labute approximate surface area is 113 Å². The molecule has 0 saturated carbocycles. The number of hydrogen-bond donors (Lipinski definition) is 1. The zero-order valence-corrected chi connectivity index (χ0v) is 13.0. The minimum Gasteiger partial charge on any atom is -0.348 e. The summed E-state index contributed by atoms with van der Waals surface area (Å²) in [5, 5.41) is 4.37. The largest absolute Gasteiger partial charge is 0.348 e. The zero-order valence-electron chi connectivity index (χ0n) is 11.4. The van der Waals surface area contributed by atoms with Gasteiger partial charge in [-0.1, -0.05) is 0 Å². The van der Waals surface area contributed by atoms with Crippen molar-refractivity contribution >= 4 is 28.2 Å². The second kappa shape index (κ2) is 7.24. The van der Waals surface area contributed by atoms with Crippen LogP contribution in [0, 0.1) is 0 Å². The van der Waals surface area contributed by atoms with Crippen LogP contribution in [0.1, 0.15) is 31.2 Å². The summed E-state index contributed by atoms with van der Waals surface area (Å²) in [5.74, 6) is 1.21. The van der Waals surface area contributed by atoms with E-state index in [2.05, 4.69) is 42.4 Å². The van der Waals surface area contributed by atoms with Crippen LogP contribution in [0.25, 0.3) is 0 Å². The number of nitrogens with one attached hydrogen (secondary N) is 1. The SMILES string of the molecule is CNC(C)c1cnc(N(C)C(C)CCSC)s1. The van der Waals surface area contributed by atoms with Crippen molar-refractivity contribution in [3.8, 4) is 0 Å². The number of aromatic nitrogens is 1. The highest BCUT2D eigenvalue weighted by Gasteiger charge is 2.15. The third kappa shape index (κ3) is 4.16. The first-order valence-electron chi connectivity index (χ1n) is 5.94. The van der Waals surface area contributed by atoms with Crippen molar-refractivity contribution in [1.29, 1.82) is 0 Å². The van der Waals surface area contributed by atoms with Crippen LogP contribution >= 0.6 is 23.1 Å². The van der Waals surface area contributed by atoms with Gasteiger partial charge in [-0.15, -0.1) is 11.3 Å². The van der Waals surface area contributed by atoms with Gasteiger partial charge < -0.3 is 10.2 Å². The lowest BCUT2D eigenvalue weighted by Gasteiger charge is -2.23. The summed E-state index contributed by atoms with van der Waals surface area (Å²) in [6.07, 6.45) is 5.34. The molecule has 98 valence electrons. The highest BCUT2D eigenvalue weighted by atomic mass is 32.2. The molecule has 1 N–H and O–H groups in total. The van der Waals surface area contributed by atoms with Crippen LogP contribution in [0.5, 0.6) is 0 Å². The van der Waals surface area contributed by atoms with Crippen molar-refractivity contribution in [3.63, 3.8) is 0 Å². The Hall–Kier alpha value is -0.260. The van der Waals surface area contributed by atoms with Gasteiger partial charge in [0.25, 0.3) is 0 Å². The molecule has 0 amide bonds. The first kappa shape index (κ1) is 14.8. The molecule has 0 fully saturated rings. The van der Waals surface area contributed by atoms with Crippen LogP contribution in [0.2, 0.25) is 0 Å². The summed E-state index contributed by atoms with van der Waals surface area (Å²) in [7, 11) is 4.12. The van der Waals surface area contributed by atoms with Gasteiger partial charge in [-0.05, 0) is 39.3 Å². The fourth-order valence-electron chi connectivity index (χ4n) is 1.45. The van der Waals surface area contributed by atoms with E-state index in [4.69, 9.17) is 0 Å². The van der Waals surface area contributed by atoms with Crippen molar-refractivity contribution in [2.45, 2.75) is 32.4 Å². The molecule has 1 rings (SSSR count). The molecule has 0 aliphatic heterocycles. The molecule has 0 radical (unpaired) electrons. The van der Waals surface area contributed by atoms with Gasteiger partial charge in [0.15, 0.2) is 5.13 Å². The Morgan fingerprint density at radius 2 is 2.24 bits per heavy atom. The number of rotatable bonds is 7. The fourth-order valence-corrected chi connectivity index (χ4v) is 3.07. The molecular weight excluding hydrogens is 250 g/mol. The molecule has 1 aromatic rings. The first-order chi connectivity index (χ1) is 8.10. The summed E-state index contributed by atoms with van der Waals surface area (Å²) in [6, 6.07) is 0.933. The monoisotopic (exact) mass is 273 g/mol. The van der Waals surface area contributed by atoms with Crippen molar-refractivity contribution in [1.82, 2.24) is 10.3 Å². The molecule has 2 atom stereocenters. The number of thiazole rings is 1. The lowest BCUT2D eigenvalue weighted by Crippen LogP contribution is -2.29. The predicted octanol–water partition coefficient (Wildman–Crippen LogP) is 3.00. The van der Waals surface area contributed by atoms with E-state index in [1.54, 1.807) is 11.3 Å². The zero-order chi connectivity index (χ0) is 12.8. The van der Waals surface area contributed by atoms with Crippen LogP contribution in [-0.2, 0) is 0 Å². The van der Waals surface area contributed by atoms with Gasteiger partial charge in [0.1, 0.15) is 0 Å². The van der Waals surface area contributed by atoms with Gasteiger partial charge in [0.2, 0.25) is 0 Å². The van der Waals surface area contributed by atoms with Gasteiger partial charge >= 0.3 is 0 Å². The van der Waals surface area contributed by atoms with Crippen molar-refractivity contribution in [2.75, 3.05) is 31.0 Å². The topological polar surface area (TPSA) is 28.2 Å². The average molecular weight is 273 g/mol. The Bertz CT molecular complexity index is 327. The molecule has 0 aromatic carbocycles. The maximum Gasteiger partial charge on any atom is 0.185 e. The van der Waals surface area contributed by atoms with Crippen molar-refractivity contribution in [2.24, 2.45) is 0 Å². The third-order valence-corrected chi connectivity index (χ3v) is 4.99. The van der Waals surface area contributed by atoms with Crippen molar-refractivity contribution in [3.05, 3.63) is 11.1 Å². The van der Waals surface area contributed by atoms with Crippen LogP contribution in [-0.4, -0.2) is 37.1 Å². The first-order valence-corrected chi connectivity index (χ1v) is 8.16. The van der Waals surface area contributed by atoms with E-state index in [1.165, 1.54) is 17.1 Å². The molecule has 3 nitrogen and oxygen atoms in total. The summed E-state index contributed by atoms with van der Waals surface area (Å²) in [5.41, 5.74) is 0.